The largest absolute Gasteiger partial charge is 0.444 e. The molecule has 1 aliphatic carbocycles. The number of amides is 1. The maximum absolute atomic E-state index is 11.9. The van der Waals surface area contributed by atoms with E-state index in [1.807, 2.05) is 20.8 Å². The molecule has 1 unspecified atom stereocenters. The highest BCUT2D eigenvalue weighted by molar-refractivity contribution is 5.68. The van der Waals surface area contributed by atoms with Gasteiger partial charge < -0.3 is 24.6 Å². The molecule has 0 heterocycles. The molecular weight excluding hydrogens is 286 g/mol. The van der Waals surface area contributed by atoms with Crippen LogP contribution in [-0.2, 0) is 14.2 Å². The van der Waals surface area contributed by atoms with Gasteiger partial charge >= 0.3 is 6.09 Å². The zero-order valence-corrected chi connectivity index (χ0v) is 14.3. The van der Waals surface area contributed by atoms with Crippen LogP contribution in [0.25, 0.3) is 0 Å². The van der Waals surface area contributed by atoms with E-state index in [1.54, 1.807) is 7.11 Å². The molecule has 2 N–H and O–H groups in total. The van der Waals surface area contributed by atoms with Crippen molar-refractivity contribution in [2.24, 2.45) is 0 Å². The molecule has 1 atom stereocenters. The topological polar surface area (TPSA) is 77.0 Å². The summed E-state index contributed by atoms with van der Waals surface area (Å²) in [5, 5.41) is 13.5. The van der Waals surface area contributed by atoms with E-state index in [2.05, 4.69) is 5.32 Å². The van der Waals surface area contributed by atoms with Crippen molar-refractivity contribution in [3.63, 3.8) is 0 Å². The molecule has 0 spiro atoms. The molecule has 0 aromatic carbocycles. The molecule has 22 heavy (non-hydrogen) atoms. The van der Waals surface area contributed by atoms with Crippen LogP contribution in [0.4, 0.5) is 4.79 Å². The maximum atomic E-state index is 11.9. The molecule has 1 amide bonds. The second-order valence-electron chi connectivity index (χ2n) is 7.11. The molecule has 0 bridgehead atoms. The number of hydrogen-bond donors (Lipinski definition) is 2. The van der Waals surface area contributed by atoms with Gasteiger partial charge in [-0.2, -0.15) is 0 Å². The van der Waals surface area contributed by atoms with Gasteiger partial charge in [-0.1, -0.05) is 19.3 Å². The van der Waals surface area contributed by atoms with E-state index >= 15 is 0 Å². The Morgan fingerprint density at radius 3 is 2.45 bits per heavy atom. The minimum atomic E-state index is -0.728. The standard InChI is InChI=1S/C16H31NO5/c1-15(2,3)22-14(18)17-13(11-21-12-20-4)10-16(19)8-6-5-7-9-16/h13,19H,5-12H2,1-4H3,(H,17,18). The smallest absolute Gasteiger partial charge is 0.407 e. The molecule has 6 heteroatoms. The minimum Gasteiger partial charge on any atom is -0.444 e. The van der Waals surface area contributed by atoms with Crippen LogP contribution < -0.4 is 5.32 Å². The highest BCUT2D eigenvalue weighted by Crippen LogP contribution is 2.32. The van der Waals surface area contributed by atoms with E-state index in [0.717, 1.165) is 32.1 Å². The predicted molar refractivity (Wildman–Crippen MR) is 83.6 cm³/mol. The van der Waals surface area contributed by atoms with Crippen LogP contribution in [0.15, 0.2) is 0 Å². The van der Waals surface area contributed by atoms with E-state index in [4.69, 9.17) is 14.2 Å². The van der Waals surface area contributed by atoms with Gasteiger partial charge in [-0.25, -0.2) is 4.79 Å². The summed E-state index contributed by atoms with van der Waals surface area (Å²) >= 11 is 0. The molecule has 1 saturated carbocycles. The maximum Gasteiger partial charge on any atom is 0.407 e. The number of carbonyl (C=O) groups is 1. The van der Waals surface area contributed by atoms with E-state index in [0.29, 0.717) is 6.42 Å². The van der Waals surface area contributed by atoms with Gasteiger partial charge in [0.25, 0.3) is 0 Å². The fourth-order valence-corrected chi connectivity index (χ4v) is 2.77. The lowest BCUT2D eigenvalue weighted by Gasteiger charge is -2.35. The van der Waals surface area contributed by atoms with Crippen molar-refractivity contribution in [1.82, 2.24) is 5.32 Å². The summed E-state index contributed by atoms with van der Waals surface area (Å²) in [5.41, 5.74) is -1.28. The van der Waals surface area contributed by atoms with Crippen LogP contribution in [-0.4, -0.2) is 49.0 Å². The Balaban J connectivity index is 2.56. The van der Waals surface area contributed by atoms with E-state index in [1.165, 1.54) is 0 Å². The molecule has 0 aromatic heterocycles. The van der Waals surface area contributed by atoms with E-state index in [-0.39, 0.29) is 19.4 Å². The van der Waals surface area contributed by atoms with Crippen LogP contribution in [0.5, 0.6) is 0 Å². The van der Waals surface area contributed by atoms with Crippen LogP contribution >= 0.6 is 0 Å². The predicted octanol–water partition coefficient (Wildman–Crippen LogP) is 2.59. The quantitative estimate of drug-likeness (QED) is 0.557. The monoisotopic (exact) mass is 317 g/mol. The number of ether oxygens (including phenoxy) is 3. The van der Waals surface area contributed by atoms with Crippen molar-refractivity contribution in [1.29, 1.82) is 0 Å². The molecule has 6 nitrogen and oxygen atoms in total. The van der Waals surface area contributed by atoms with Crippen molar-refractivity contribution in [3.8, 4) is 0 Å². The summed E-state index contributed by atoms with van der Waals surface area (Å²) in [7, 11) is 1.55. The summed E-state index contributed by atoms with van der Waals surface area (Å²) in [4.78, 5) is 11.9. The number of carbonyl (C=O) groups excluding carboxylic acids is 1. The first-order valence-corrected chi connectivity index (χ1v) is 8.03. The highest BCUT2D eigenvalue weighted by Gasteiger charge is 2.33. The van der Waals surface area contributed by atoms with Gasteiger partial charge in [0.2, 0.25) is 0 Å². The third-order valence-corrected chi connectivity index (χ3v) is 3.65. The minimum absolute atomic E-state index is 0.158. The Hall–Kier alpha value is -0.850. The summed E-state index contributed by atoms with van der Waals surface area (Å²) < 4.78 is 15.5. The van der Waals surface area contributed by atoms with Gasteiger partial charge in [-0.3, -0.25) is 0 Å². The van der Waals surface area contributed by atoms with Gasteiger partial charge in [0.05, 0.1) is 18.2 Å². The lowest BCUT2D eigenvalue weighted by atomic mass is 9.80. The second kappa shape index (κ2) is 8.70. The van der Waals surface area contributed by atoms with Crippen LogP contribution in [0.1, 0.15) is 59.3 Å². The summed E-state index contributed by atoms with van der Waals surface area (Å²) in [6, 6.07) is -0.298. The number of rotatable bonds is 7. The Bertz CT molecular complexity index is 334. The summed E-state index contributed by atoms with van der Waals surface area (Å²) in [5.74, 6) is 0. The van der Waals surface area contributed by atoms with Crippen molar-refractivity contribution >= 4 is 6.09 Å². The average molecular weight is 317 g/mol. The molecular formula is C16H31NO5. The first-order valence-electron chi connectivity index (χ1n) is 8.03. The fraction of sp³-hybridized carbons (Fsp3) is 0.938. The average Bonchev–Trinajstić information content (AvgIpc) is 2.36. The number of hydrogen-bond acceptors (Lipinski definition) is 5. The zero-order valence-electron chi connectivity index (χ0n) is 14.3. The third-order valence-electron chi connectivity index (χ3n) is 3.65. The van der Waals surface area contributed by atoms with Crippen LogP contribution in [0.2, 0.25) is 0 Å². The molecule has 0 aromatic rings. The zero-order chi connectivity index (χ0) is 16.6. The third kappa shape index (κ3) is 7.96. The number of aliphatic hydroxyl groups is 1. The lowest BCUT2D eigenvalue weighted by molar-refractivity contribution is -0.0581. The second-order valence-corrected chi connectivity index (χ2v) is 7.11. The molecule has 0 saturated heterocycles. The molecule has 1 rings (SSSR count). The number of alkyl carbamates (subject to hydrolysis) is 1. The molecule has 1 aliphatic rings. The van der Waals surface area contributed by atoms with Crippen molar-refractivity contribution in [2.75, 3.05) is 20.5 Å². The van der Waals surface area contributed by atoms with Gasteiger partial charge in [-0.05, 0) is 40.0 Å². The van der Waals surface area contributed by atoms with E-state index in [9.17, 15) is 9.90 Å². The molecule has 1 fully saturated rings. The molecule has 0 aliphatic heterocycles. The summed E-state index contributed by atoms with van der Waals surface area (Å²) in [6.45, 7) is 5.90. The Kier molecular flexibility index (Phi) is 7.59. The molecule has 0 radical (unpaired) electrons. The normalized spacial score (nSPS) is 19.5. The highest BCUT2D eigenvalue weighted by atomic mass is 16.7. The van der Waals surface area contributed by atoms with E-state index < -0.39 is 17.3 Å². The van der Waals surface area contributed by atoms with Crippen molar-refractivity contribution < 1.29 is 24.1 Å². The number of nitrogens with one attached hydrogen (secondary N) is 1. The summed E-state index contributed by atoms with van der Waals surface area (Å²) in [6.07, 6.45) is 4.72. The first-order chi connectivity index (χ1) is 10.2. The van der Waals surface area contributed by atoms with Gasteiger partial charge in [0.1, 0.15) is 12.4 Å². The van der Waals surface area contributed by atoms with Gasteiger partial charge in [0.15, 0.2) is 0 Å². The Morgan fingerprint density at radius 2 is 1.91 bits per heavy atom. The number of methoxy groups -OCH3 is 1. The Labute approximate surface area is 133 Å². The first kappa shape index (κ1) is 19.2. The van der Waals surface area contributed by atoms with Crippen LogP contribution in [0, 0.1) is 0 Å². The fourth-order valence-electron chi connectivity index (χ4n) is 2.77. The van der Waals surface area contributed by atoms with Crippen LogP contribution in [0.3, 0.4) is 0 Å². The SMILES string of the molecule is COCOCC(CC1(O)CCCCC1)NC(=O)OC(C)(C)C. The van der Waals surface area contributed by atoms with Crippen molar-refractivity contribution in [3.05, 3.63) is 0 Å². The van der Waals surface area contributed by atoms with Crippen molar-refractivity contribution in [2.45, 2.75) is 76.5 Å². The molecule has 130 valence electrons. The van der Waals surface area contributed by atoms with Gasteiger partial charge in [-0.15, -0.1) is 0 Å². The lowest BCUT2D eigenvalue weighted by Crippen LogP contribution is -2.47. The Morgan fingerprint density at radius 1 is 1.27 bits per heavy atom. The van der Waals surface area contributed by atoms with Gasteiger partial charge in [0, 0.05) is 7.11 Å².